The zero-order valence-electron chi connectivity index (χ0n) is 34.4. The minimum absolute atomic E-state index is 0.0522. The molecular weight excluding hydrogens is 873 g/mol. The van der Waals surface area contributed by atoms with Gasteiger partial charge in [-0.15, -0.1) is 23.5 Å². The predicted molar refractivity (Wildman–Crippen MR) is 221 cm³/mol. The number of carboxylic acids is 2. The number of ether oxygens (including phenoxy) is 6. The van der Waals surface area contributed by atoms with Crippen LogP contribution in [0.5, 0.6) is 0 Å². The Labute approximate surface area is 365 Å². The van der Waals surface area contributed by atoms with Crippen molar-refractivity contribution in [2.24, 2.45) is 32.9 Å². The molecule has 0 radical (unpaired) electrons. The Bertz CT molecular complexity index is 1380. The van der Waals surface area contributed by atoms with Gasteiger partial charge in [0.2, 0.25) is 21.7 Å². The van der Waals surface area contributed by atoms with Crippen LogP contribution in [0.1, 0.15) is 26.7 Å². The van der Waals surface area contributed by atoms with Crippen LogP contribution in [0.25, 0.3) is 0 Å². The molecule has 0 aliphatic carbocycles. The first-order chi connectivity index (χ1) is 29.2. The molecule has 2 fully saturated rings. The second-order valence-electron chi connectivity index (χ2n) is 14.0. The van der Waals surface area contributed by atoms with Gasteiger partial charge in [0.15, 0.2) is 11.9 Å². The van der Waals surface area contributed by atoms with Crippen LogP contribution in [0.15, 0.2) is 9.98 Å². The van der Waals surface area contributed by atoms with Crippen LogP contribution >= 0.6 is 23.5 Å². The second-order valence-corrected chi connectivity index (χ2v) is 16.7. The van der Waals surface area contributed by atoms with E-state index < -0.39 is 120 Å². The fourth-order valence-corrected chi connectivity index (χ4v) is 8.73. The number of aliphatic hydroxyl groups excluding tert-OH is 6. The van der Waals surface area contributed by atoms with Crippen LogP contribution in [-0.2, 0) is 47.6 Å². The van der Waals surface area contributed by atoms with Crippen molar-refractivity contribution in [1.29, 1.82) is 0 Å². The van der Waals surface area contributed by atoms with E-state index in [0.29, 0.717) is 0 Å². The lowest BCUT2D eigenvalue weighted by atomic mass is 9.88. The van der Waals surface area contributed by atoms with Gasteiger partial charge < -0.3 is 103 Å². The average Bonchev–Trinajstić information content (AvgIpc) is 3.20. The van der Waals surface area contributed by atoms with E-state index in [-0.39, 0.29) is 77.2 Å². The number of nitrogens with two attached hydrogens (primary N) is 4. The zero-order valence-corrected chi connectivity index (χ0v) is 36.0. The van der Waals surface area contributed by atoms with E-state index >= 15 is 0 Å². The number of nitrogens with one attached hydrogen (secondary N) is 2. The summed E-state index contributed by atoms with van der Waals surface area (Å²) in [5, 5.41) is 86.1. The monoisotopic (exact) mass is 934 g/mol. The quantitative estimate of drug-likeness (QED) is 0.0188. The minimum atomic E-state index is -2.04. The van der Waals surface area contributed by atoms with Crippen molar-refractivity contribution in [2.75, 3.05) is 77.6 Å². The number of thioether (sulfide) groups is 2. The summed E-state index contributed by atoms with van der Waals surface area (Å²) in [7, 11) is 0. The zero-order chi connectivity index (χ0) is 46.6. The van der Waals surface area contributed by atoms with Crippen molar-refractivity contribution >= 4 is 59.2 Å². The second kappa shape index (κ2) is 27.1. The number of hydrogen-bond acceptors (Lipinski definition) is 20. The molecule has 0 saturated carbocycles. The lowest BCUT2D eigenvalue weighted by Gasteiger charge is -2.47. The van der Waals surface area contributed by atoms with E-state index in [0.717, 1.165) is 23.5 Å². The first-order valence-electron chi connectivity index (χ1n) is 19.3. The Morgan fingerprint density at radius 1 is 0.629 bits per heavy atom. The molecule has 0 aromatic rings. The normalized spacial score (nSPS) is 28.1. The molecule has 28 heteroatoms. The topological polar surface area (TPSA) is 438 Å². The van der Waals surface area contributed by atoms with E-state index in [1.165, 1.54) is 13.8 Å². The number of carboxylic acid groups (broad SMARTS) is 2. The Kier molecular flexibility index (Phi) is 23.9. The maximum Gasteiger partial charge on any atom is 0.346 e. The number of aliphatic carboxylic acids is 2. The number of hydrogen-bond donors (Lipinski definition) is 14. The number of amides is 2. The Hall–Kier alpha value is -3.36. The van der Waals surface area contributed by atoms with E-state index in [1.54, 1.807) is 0 Å². The summed E-state index contributed by atoms with van der Waals surface area (Å²) in [6.45, 7) is 1.70. The average molecular weight is 935 g/mol. The molecule has 0 aromatic heterocycles. The van der Waals surface area contributed by atoms with Gasteiger partial charge in [0.05, 0.1) is 90.2 Å². The number of aliphatic hydroxyl groups is 6. The Balaban J connectivity index is 1.77. The van der Waals surface area contributed by atoms with Crippen LogP contribution in [-0.4, -0.2) is 225 Å². The lowest BCUT2D eigenvalue weighted by Crippen LogP contribution is -2.66. The van der Waals surface area contributed by atoms with Gasteiger partial charge in [-0.1, -0.05) is 0 Å². The SMILES string of the molecule is CC(=O)N[C@H]1[C@H]([C@H](O)[C@H](O)CO)OC(SCCOCCOCCOCCOCCSC2(C(=O)O)C[C@H](N=C(N)N)[C@@H](NC(C)=O)[C@H]([C@H](O)[C@H](O)CO)O2)(C(=O)O)C[C@@H]1N=C(N)N. The van der Waals surface area contributed by atoms with Gasteiger partial charge in [-0.25, -0.2) is 19.6 Å². The highest BCUT2D eigenvalue weighted by Gasteiger charge is 2.57. The third-order valence-electron chi connectivity index (χ3n) is 9.24. The molecule has 2 rings (SSSR count). The molecule has 12 atom stereocenters. The summed E-state index contributed by atoms with van der Waals surface area (Å²) >= 11 is 1.64. The third kappa shape index (κ3) is 17.0. The number of carbonyl (C=O) groups excluding carboxylic acids is 2. The summed E-state index contributed by atoms with van der Waals surface area (Å²) < 4.78 is 33.8. The lowest BCUT2D eigenvalue weighted by molar-refractivity contribution is -0.191. The third-order valence-corrected chi connectivity index (χ3v) is 11.8. The minimum Gasteiger partial charge on any atom is -0.478 e. The van der Waals surface area contributed by atoms with Crippen molar-refractivity contribution < 1.29 is 88.5 Å². The van der Waals surface area contributed by atoms with Crippen molar-refractivity contribution in [3.8, 4) is 0 Å². The number of rotatable bonds is 29. The maximum absolute atomic E-state index is 12.6. The summed E-state index contributed by atoms with van der Waals surface area (Å²) in [5.41, 5.74) is 22.3. The van der Waals surface area contributed by atoms with E-state index in [9.17, 15) is 60.0 Å². The first kappa shape index (κ1) is 54.8. The largest absolute Gasteiger partial charge is 0.478 e. The van der Waals surface area contributed by atoms with Crippen LogP contribution < -0.4 is 33.6 Å². The van der Waals surface area contributed by atoms with Crippen molar-refractivity contribution in [2.45, 2.75) is 97.3 Å². The molecule has 0 aromatic carbocycles. The highest BCUT2D eigenvalue weighted by Crippen LogP contribution is 2.43. The summed E-state index contributed by atoms with van der Waals surface area (Å²) in [5.74, 6) is -4.67. The number of guanidine groups is 2. The summed E-state index contributed by atoms with van der Waals surface area (Å²) in [6.07, 6.45) is -10.9. The molecule has 2 unspecified atom stereocenters. The van der Waals surface area contributed by atoms with Gasteiger partial charge in [0.1, 0.15) is 36.6 Å². The van der Waals surface area contributed by atoms with Gasteiger partial charge in [-0.2, -0.15) is 0 Å². The molecule has 18 N–H and O–H groups in total. The van der Waals surface area contributed by atoms with Crippen molar-refractivity contribution in [3.63, 3.8) is 0 Å². The molecular formula is C34H62N8O18S2. The van der Waals surface area contributed by atoms with Crippen LogP contribution in [0, 0.1) is 0 Å². The van der Waals surface area contributed by atoms with Crippen LogP contribution in [0.3, 0.4) is 0 Å². The molecule has 2 heterocycles. The van der Waals surface area contributed by atoms with Crippen LogP contribution in [0.4, 0.5) is 0 Å². The molecule has 0 bridgehead atoms. The van der Waals surface area contributed by atoms with Crippen molar-refractivity contribution in [3.05, 3.63) is 0 Å². The number of nitrogens with zero attached hydrogens (tertiary/aromatic N) is 2. The van der Waals surface area contributed by atoms with Crippen molar-refractivity contribution in [1.82, 2.24) is 10.6 Å². The molecule has 62 heavy (non-hydrogen) atoms. The fourth-order valence-electron chi connectivity index (χ4n) is 6.48. The molecule has 2 aliphatic rings. The Morgan fingerprint density at radius 2 is 0.935 bits per heavy atom. The maximum atomic E-state index is 12.6. The number of aliphatic imine (C=N–C) groups is 2. The van der Waals surface area contributed by atoms with E-state index in [2.05, 4.69) is 20.6 Å². The standard InChI is InChI=1S/C34H62N8O18S2/c1-17(45)39-23-19(41-31(35)36)13-33(29(51)52,59-27(23)25(49)21(47)15-43)61-11-9-57-7-5-55-3-4-56-6-8-58-10-12-62-34(30(53)54)14-20(42-32(37)38)24(40-18(2)46)28(60-34)26(50)22(48)16-44/h19-28,43-44,47-50H,3-16H2,1-2H3,(H,39,45)(H,40,46)(H,51,52)(H,53,54)(H4,35,36,41)(H4,37,38,42)/t19-,20-,21+,22+,23+,24+,25+,26+,27+,28+,33?,34?/m0/s1. The van der Waals surface area contributed by atoms with Gasteiger partial charge in [0.25, 0.3) is 0 Å². The highest BCUT2D eigenvalue weighted by atomic mass is 32.2. The molecule has 0 spiro atoms. The van der Waals surface area contributed by atoms with Gasteiger partial charge in [0, 0.05) is 38.2 Å². The molecule has 2 aliphatic heterocycles. The number of carbonyl (C=O) groups is 4. The smallest absolute Gasteiger partial charge is 0.346 e. The molecule has 358 valence electrons. The highest BCUT2D eigenvalue weighted by molar-refractivity contribution is 8.01. The molecule has 26 nitrogen and oxygen atoms in total. The first-order valence-corrected chi connectivity index (χ1v) is 21.3. The van der Waals surface area contributed by atoms with Crippen LogP contribution in [0.2, 0.25) is 0 Å². The summed E-state index contributed by atoms with van der Waals surface area (Å²) in [4.78, 5) is 53.1. The van der Waals surface area contributed by atoms with E-state index in [1.807, 2.05) is 0 Å². The predicted octanol–water partition coefficient (Wildman–Crippen LogP) is -6.62. The summed E-state index contributed by atoms with van der Waals surface area (Å²) in [6, 6.07) is -4.49. The van der Waals surface area contributed by atoms with E-state index in [4.69, 9.17) is 51.4 Å². The molecule has 2 amide bonds. The van der Waals surface area contributed by atoms with Gasteiger partial charge in [-0.05, 0) is 0 Å². The van der Waals surface area contributed by atoms with Gasteiger partial charge in [-0.3, -0.25) is 9.59 Å². The molecule has 2 saturated heterocycles. The fraction of sp³-hybridized carbons (Fsp3) is 0.824. The van der Waals surface area contributed by atoms with Gasteiger partial charge >= 0.3 is 11.9 Å². The Morgan fingerprint density at radius 3 is 1.19 bits per heavy atom.